The van der Waals surface area contributed by atoms with Crippen LogP contribution in [0.15, 0.2) is 66.7 Å². The number of benzene rings is 3. The zero-order valence-corrected chi connectivity index (χ0v) is 19.9. The molecule has 0 amide bonds. The van der Waals surface area contributed by atoms with E-state index in [4.69, 9.17) is 0 Å². The number of alkyl halides is 5. The lowest BCUT2D eigenvalue weighted by atomic mass is 9.68. The zero-order chi connectivity index (χ0) is 26.4. The summed E-state index contributed by atoms with van der Waals surface area (Å²) in [5, 5.41) is 9.92. The fourth-order valence-electron chi connectivity index (χ4n) is 5.68. The number of fused-ring (bicyclic) bond motifs is 1. The summed E-state index contributed by atoms with van der Waals surface area (Å²) in [5.74, 6) is -4.78. The van der Waals surface area contributed by atoms with Crippen molar-refractivity contribution in [3.05, 3.63) is 94.5 Å². The summed E-state index contributed by atoms with van der Waals surface area (Å²) in [7, 11) is 0. The number of anilines is 1. The second kappa shape index (κ2) is 9.47. The highest BCUT2D eigenvalue weighted by Gasteiger charge is 2.47. The molecule has 1 N–H and O–H groups in total. The second-order valence-electron chi connectivity index (χ2n) is 9.94. The molecule has 0 saturated carbocycles. The highest BCUT2D eigenvalue weighted by molar-refractivity contribution is 5.56. The van der Waals surface area contributed by atoms with Crippen LogP contribution in [0.5, 0.6) is 5.75 Å². The monoisotopic (exact) mass is 515 g/mol. The van der Waals surface area contributed by atoms with Crippen LogP contribution in [0.1, 0.15) is 58.9 Å². The van der Waals surface area contributed by atoms with E-state index in [1.165, 1.54) is 24.3 Å². The fourth-order valence-corrected chi connectivity index (χ4v) is 5.68. The molecule has 3 nitrogen and oxygen atoms in total. The van der Waals surface area contributed by atoms with Crippen molar-refractivity contribution in [3.8, 4) is 5.75 Å². The number of phenolic OH excluding ortho intramolecular Hbond substituents is 1. The number of aromatic hydroxyl groups is 1. The number of phenols is 1. The van der Waals surface area contributed by atoms with Crippen molar-refractivity contribution in [1.29, 1.82) is 0 Å². The summed E-state index contributed by atoms with van der Waals surface area (Å²) >= 11 is 0. The number of aldehydes is 1. The first kappa shape index (κ1) is 25.2. The maximum absolute atomic E-state index is 15.3. The van der Waals surface area contributed by atoms with Gasteiger partial charge in [0.05, 0.1) is 5.56 Å². The van der Waals surface area contributed by atoms with Crippen LogP contribution in [0.2, 0.25) is 0 Å². The molecule has 1 aliphatic carbocycles. The summed E-state index contributed by atoms with van der Waals surface area (Å²) in [6.07, 6.45) is -2.57. The first-order chi connectivity index (χ1) is 17.6. The Bertz CT molecular complexity index is 1260. The molecule has 0 unspecified atom stereocenters. The van der Waals surface area contributed by atoms with Gasteiger partial charge in [0.15, 0.2) is 0 Å². The van der Waals surface area contributed by atoms with E-state index in [1.807, 2.05) is 24.3 Å². The van der Waals surface area contributed by atoms with Gasteiger partial charge in [0.2, 0.25) is 0 Å². The minimum Gasteiger partial charge on any atom is -0.508 e. The Morgan fingerprint density at radius 2 is 1.51 bits per heavy atom. The van der Waals surface area contributed by atoms with Gasteiger partial charge in [0, 0.05) is 48.5 Å². The standard InChI is InChI=1S/C29H26F5NO2/c30-28(31)16-25(19-1-5-21(6-2-19)29(32,33)34)27(24-10-9-23(37)15-26(24)28)20-3-7-22(8-4-20)35-13-11-18(17-36)12-14-35/h1-10,15,17-18,25,27,37H,11-14,16H2/t25-,27-/m0/s1. The van der Waals surface area contributed by atoms with Gasteiger partial charge in [-0.05, 0) is 65.9 Å². The Hall–Kier alpha value is -3.42. The number of nitrogens with zero attached hydrogens (tertiary/aromatic N) is 1. The van der Waals surface area contributed by atoms with Crippen LogP contribution in [0, 0.1) is 5.92 Å². The van der Waals surface area contributed by atoms with Gasteiger partial charge in [-0.3, -0.25) is 0 Å². The molecule has 37 heavy (non-hydrogen) atoms. The van der Waals surface area contributed by atoms with Crippen LogP contribution < -0.4 is 4.90 Å². The highest BCUT2D eigenvalue weighted by atomic mass is 19.4. The van der Waals surface area contributed by atoms with Crippen molar-refractivity contribution in [3.63, 3.8) is 0 Å². The number of halogens is 5. The predicted molar refractivity (Wildman–Crippen MR) is 130 cm³/mol. The maximum Gasteiger partial charge on any atom is 0.416 e. The topological polar surface area (TPSA) is 40.5 Å². The molecule has 1 saturated heterocycles. The molecule has 3 aromatic rings. The van der Waals surface area contributed by atoms with E-state index in [-0.39, 0.29) is 17.2 Å². The first-order valence-electron chi connectivity index (χ1n) is 12.3. The van der Waals surface area contributed by atoms with Gasteiger partial charge < -0.3 is 14.8 Å². The summed E-state index contributed by atoms with van der Waals surface area (Å²) in [4.78, 5) is 13.2. The summed E-state index contributed by atoms with van der Waals surface area (Å²) in [6, 6.07) is 16.0. The van der Waals surface area contributed by atoms with Crippen LogP contribution in [0.4, 0.5) is 27.6 Å². The number of rotatable bonds is 4. The summed E-state index contributed by atoms with van der Waals surface area (Å²) in [6.45, 7) is 1.49. The number of hydrogen-bond donors (Lipinski definition) is 1. The van der Waals surface area contributed by atoms with E-state index in [2.05, 4.69) is 4.90 Å². The molecular weight excluding hydrogens is 489 g/mol. The molecule has 0 bridgehead atoms. The Morgan fingerprint density at radius 1 is 0.892 bits per heavy atom. The van der Waals surface area contributed by atoms with Crippen molar-refractivity contribution in [1.82, 2.24) is 0 Å². The molecule has 0 spiro atoms. The van der Waals surface area contributed by atoms with E-state index >= 15 is 8.78 Å². The van der Waals surface area contributed by atoms with Gasteiger partial charge in [0.25, 0.3) is 5.92 Å². The molecule has 2 aliphatic rings. The van der Waals surface area contributed by atoms with E-state index < -0.39 is 35.9 Å². The predicted octanol–water partition coefficient (Wildman–Crippen LogP) is 7.24. The van der Waals surface area contributed by atoms with Crippen molar-refractivity contribution >= 4 is 12.0 Å². The molecule has 0 aromatic heterocycles. The normalized spacial score (nSPS) is 21.9. The van der Waals surface area contributed by atoms with E-state index in [0.717, 1.165) is 61.7 Å². The lowest BCUT2D eigenvalue weighted by molar-refractivity contribution is -0.137. The molecular formula is C29H26F5NO2. The lowest BCUT2D eigenvalue weighted by Gasteiger charge is -2.39. The van der Waals surface area contributed by atoms with Crippen LogP contribution in [-0.2, 0) is 16.9 Å². The molecule has 1 fully saturated rings. The van der Waals surface area contributed by atoms with Crippen LogP contribution >= 0.6 is 0 Å². The van der Waals surface area contributed by atoms with Gasteiger partial charge in [0.1, 0.15) is 12.0 Å². The molecule has 0 radical (unpaired) electrons. The Kier molecular flexibility index (Phi) is 6.46. The van der Waals surface area contributed by atoms with E-state index in [1.54, 1.807) is 0 Å². The lowest BCUT2D eigenvalue weighted by Crippen LogP contribution is -2.34. The molecule has 1 aliphatic heterocycles. The average molecular weight is 516 g/mol. The minimum atomic E-state index is -4.52. The van der Waals surface area contributed by atoms with E-state index in [9.17, 15) is 23.1 Å². The quantitative estimate of drug-likeness (QED) is 0.294. The van der Waals surface area contributed by atoms with Crippen LogP contribution in [-0.4, -0.2) is 24.5 Å². The summed E-state index contributed by atoms with van der Waals surface area (Å²) in [5.41, 5.74) is 1.38. The third-order valence-corrected chi connectivity index (χ3v) is 7.66. The largest absolute Gasteiger partial charge is 0.508 e. The third-order valence-electron chi connectivity index (χ3n) is 7.66. The molecule has 194 valence electrons. The first-order valence-corrected chi connectivity index (χ1v) is 12.3. The van der Waals surface area contributed by atoms with Crippen LogP contribution in [0.25, 0.3) is 0 Å². The van der Waals surface area contributed by atoms with Crippen molar-refractivity contribution in [2.45, 2.75) is 43.2 Å². The number of piperidine rings is 1. The smallest absolute Gasteiger partial charge is 0.416 e. The van der Waals surface area contributed by atoms with Crippen molar-refractivity contribution in [2.75, 3.05) is 18.0 Å². The van der Waals surface area contributed by atoms with Gasteiger partial charge in [-0.15, -0.1) is 0 Å². The molecule has 8 heteroatoms. The van der Waals surface area contributed by atoms with Gasteiger partial charge in [-0.2, -0.15) is 13.2 Å². The van der Waals surface area contributed by atoms with Crippen molar-refractivity contribution in [2.24, 2.45) is 5.92 Å². The molecule has 5 rings (SSSR count). The Morgan fingerprint density at radius 3 is 2.11 bits per heavy atom. The van der Waals surface area contributed by atoms with Gasteiger partial charge in [-0.25, -0.2) is 8.78 Å². The average Bonchev–Trinajstić information content (AvgIpc) is 2.88. The highest BCUT2D eigenvalue weighted by Crippen LogP contribution is 2.55. The van der Waals surface area contributed by atoms with Crippen molar-refractivity contribution < 1.29 is 31.9 Å². The zero-order valence-electron chi connectivity index (χ0n) is 19.9. The Balaban J connectivity index is 1.53. The summed E-state index contributed by atoms with van der Waals surface area (Å²) < 4.78 is 70.0. The molecule has 2 atom stereocenters. The number of carbonyl (C=O) groups is 1. The SMILES string of the molecule is O=CC1CCN(c2ccc([C@H]3c4ccc(O)cc4C(F)(F)C[C@H]3c3ccc(C(F)(F)F)cc3)cc2)CC1. The van der Waals surface area contributed by atoms with Gasteiger partial charge in [-0.1, -0.05) is 30.3 Å². The number of hydrogen-bond acceptors (Lipinski definition) is 3. The van der Waals surface area contributed by atoms with E-state index in [0.29, 0.717) is 11.1 Å². The van der Waals surface area contributed by atoms with Gasteiger partial charge >= 0.3 is 6.18 Å². The minimum absolute atomic E-state index is 0.0665. The second-order valence-corrected chi connectivity index (χ2v) is 9.94. The Labute approximate surface area is 211 Å². The fraction of sp³-hybridized carbons (Fsp3) is 0.345. The molecule has 1 heterocycles. The molecule has 3 aromatic carbocycles. The number of carbonyl (C=O) groups excluding carboxylic acids is 1. The maximum atomic E-state index is 15.3. The van der Waals surface area contributed by atoms with Crippen LogP contribution in [0.3, 0.4) is 0 Å². The third kappa shape index (κ3) is 4.93.